The number of carbonyl (C=O) groups excluding carboxylic acids is 1. The predicted molar refractivity (Wildman–Crippen MR) is 47.5 cm³/mol. The van der Waals surface area contributed by atoms with E-state index < -0.39 is 0 Å². The Kier molecular flexibility index (Phi) is 4.12. The van der Waals surface area contributed by atoms with Crippen LogP contribution in [0, 0.1) is 12.3 Å². The predicted octanol–water partition coefficient (Wildman–Crippen LogP) is 2.33. The first-order chi connectivity index (χ1) is 5.83. The third-order valence-electron chi connectivity index (χ3n) is 2.31. The SMILES string of the molecule is CC[CH]C(=O)OCC1CCCC1. The average molecular weight is 169 g/mol. The Morgan fingerprint density at radius 1 is 1.50 bits per heavy atom. The Hall–Kier alpha value is -0.530. The van der Waals surface area contributed by atoms with Gasteiger partial charge in [-0.1, -0.05) is 19.8 Å². The number of carbonyl (C=O) groups is 1. The van der Waals surface area contributed by atoms with Crippen LogP contribution in [0.15, 0.2) is 0 Å². The van der Waals surface area contributed by atoms with Crippen molar-refractivity contribution in [2.75, 3.05) is 6.61 Å². The second-order valence-corrected chi connectivity index (χ2v) is 3.39. The van der Waals surface area contributed by atoms with Gasteiger partial charge in [-0.05, 0) is 25.2 Å². The van der Waals surface area contributed by atoms with E-state index in [2.05, 4.69) is 0 Å². The zero-order chi connectivity index (χ0) is 8.81. The normalized spacial score (nSPS) is 18.1. The summed E-state index contributed by atoms with van der Waals surface area (Å²) in [5, 5.41) is 0. The van der Waals surface area contributed by atoms with Gasteiger partial charge in [0.15, 0.2) is 0 Å². The summed E-state index contributed by atoms with van der Waals surface area (Å²) in [6.07, 6.45) is 7.44. The maximum Gasteiger partial charge on any atom is 0.309 e. The van der Waals surface area contributed by atoms with Crippen LogP contribution in [0.4, 0.5) is 0 Å². The molecule has 0 unspecified atom stereocenters. The topological polar surface area (TPSA) is 26.3 Å². The third kappa shape index (κ3) is 3.24. The molecule has 0 aromatic rings. The molecular formula is C10H17O2. The van der Waals surface area contributed by atoms with E-state index in [1.54, 1.807) is 6.42 Å². The molecule has 69 valence electrons. The van der Waals surface area contributed by atoms with Gasteiger partial charge < -0.3 is 4.74 Å². The maximum absolute atomic E-state index is 10.9. The molecule has 0 saturated heterocycles. The molecule has 12 heavy (non-hydrogen) atoms. The molecule has 0 aromatic heterocycles. The van der Waals surface area contributed by atoms with E-state index in [0.717, 1.165) is 6.42 Å². The fourth-order valence-corrected chi connectivity index (χ4v) is 1.60. The van der Waals surface area contributed by atoms with E-state index in [9.17, 15) is 4.79 Å². The fraction of sp³-hybridized carbons (Fsp3) is 0.800. The lowest BCUT2D eigenvalue weighted by molar-refractivity contribution is -0.140. The summed E-state index contributed by atoms with van der Waals surface area (Å²) in [4.78, 5) is 10.9. The number of ether oxygens (including phenoxy) is 1. The van der Waals surface area contributed by atoms with Gasteiger partial charge in [-0.15, -0.1) is 0 Å². The molecule has 2 heteroatoms. The minimum Gasteiger partial charge on any atom is -0.465 e. The van der Waals surface area contributed by atoms with Crippen LogP contribution in [0.1, 0.15) is 39.0 Å². The standard InChI is InChI=1S/C10H17O2/c1-2-5-10(11)12-8-9-6-3-4-7-9/h5,9H,2-4,6-8H2,1H3. The van der Waals surface area contributed by atoms with Gasteiger partial charge in [0.05, 0.1) is 13.0 Å². The van der Waals surface area contributed by atoms with Crippen molar-refractivity contribution < 1.29 is 9.53 Å². The molecule has 1 fully saturated rings. The van der Waals surface area contributed by atoms with Crippen LogP contribution in [0.3, 0.4) is 0 Å². The summed E-state index contributed by atoms with van der Waals surface area (Å²) in [5.41, 5.74) is 0. The van der Waals surface area contributed by atoms with E-state index in [1.165, 1.54) is 25.7 Å². The van der Waals surface area contributed by atoms with E-state index in [-0.39, 0.29) is 5.97 Å². The molecule has 0 atom stereocenters. The third-order valence-corrected chi connectivity index (χ3v) is 2.31. The molecule has 1 rings (SSSR count). The van der Waals surface area contributed by atoms with Crippen molar-refractivity contribution in [2.24, 2.45) is 5.92 Å². The van der Waals surface area contributed by atoms with Crippen LogP contribution in [0.25, 0.3) is 0 Å². The zero-order valence-electron chi connectivity index (χ0n) is 7.71. The second-order valence-electron chi connectivity index (χ2n) is 3.39. The molecule has 0 aliphatic heterocycles. The van der Waals surface area contributed by atoms with E-state index in [4.69, 9.17) is 4.74 Å². The molecule has 1 aliphatic carbocycles. The van der Waals surface area contributed by atoms with Gasteiger partial charge in [0.25, 0.3) is 0 Å². The van der Waals surface area contributed by atoms with E-state index >= 15 is 0 Å². The minimum atomic E-state index is -0.149. The highest BCUT2D eigenvalue weighted by atomic mass is 16.5. The summed E-state index contributed by atoms with van der Waals surface area (Å²) in [7, 11) is 0. The van der Waals surface area contributed by atoms with Crippen LogP contribution in [0.5, 0.6) is 0 Å². The summed E-state index contributed by atoms with van der Waals surface area (Å²) < 4.78 is 5.07. The number of hydrogen-bond acceptors (Lipinski definition) is 2. The first-order valence-corrected chi connectivity index (χ1v) is 4.83. The van der Waals surface area contributed by atoms with Crippen LogP contribution >= 0.6 is 0 Å². The maximum atomic E-state index is 10.9. The minimum absolute atomic E-state index is 0.149. The number of rotatable bonds is 4. The van der Waals surface area contributed by atoms with Crippen LogP contribution < -0.4 is 0 Å². The summed E-state index contributed by atoms with van der Waals surface area (Å²) in [6.45, 7) is 2.58. The van der Waals surface area contributed by atoms with Gasteiger partial charge in [0.2, 0.25) is 0 Å². The molecule has 2 nitrogen and oxygen atoms in total. The van der Waals surface area contributed by atoms with Crippen molar-refractivity contribution in [3.63, 3.8) is 0 Å². The van der Waals surface area contributed by atoms with Gasteiger partial charge in [0.1, 0.15) is 0 Å². The fourth-order valence-electron chi connectivity index (χ4n) is 1.60. The highest BCUT2D eigenvalue weighted by Gasteiger charge is 2.16. The van der Waals surface area contributed by atoms with Crippen molar-refractivity contribution in [2.45, 2.75) is 39.0 Å². The molecule has 0 spiro atoms. The highest BCUT2D eigenvalue weighted by Crippen LogP contribution is 2.24. The van der Waals surface area contributed by atoms with Crippen LogP contribution in [0.2, 0.25) is 0 Å². The van der Waals surface area contributed by atoms with Gasteiger partial charge >= 0.3 is 5.97 Å². The molecule has 0 bridgehead atoms. The van der Waals surface area contributed by atoms with Crippen molar-refractivity contribution in [3.8, 4) is 0 Å². The molecule has 0 N–H and O–H groups in total. The first kappa shape index (κ1) is 9.56. The lowest BCUT2D eigenvalue weighted by Gasteiger charge is -2.08. The van der Waals surface area contributed by atoms with Gasteiger partial charge in [-0.3, -0.25) is 4.79 Å². The van der Waals surface area contributed by atoms with Gasteiger partial charge in [-0.2, -0.15) is 0 Å². The van der Waals surface area contributed by atoms with Crippen molar-refractivity contribution in [1.29, 1.82) is 0 Å². The Labute approximate surface area is 74.3 Å². The Morgan fingerprint density at radius 3 is 2.75 bits per heavy atom. The average Bonchev–Trinajstić information content (AvgIpc) is 2.53. The molecule has 1 saturated carbocycles. The van der Waals surface area contributed by atoms with Crippen molar-refractivity contribution >= 4 is 5.97 Å². The molecule has 0 amide bonds. The lowest BCUT2D eigenvalue weighted by atomic mass is 10.1. The lowest BCUT2D eigenvalue weighted by Crippen LogP contribution is -2.11. The van der Waals surface area contributed by atoms with Crippen molar-refractivity contribution in [3.05, 3.63) is 6.42 Å². The molecular weight excluding hydrogens is 152 g/mol. The highest BCUT2D eigenvalue weighted by molar-refractivity contribution is 5.78. The first-order valence-electron chi connectivity index (χ1n) is 4.83. The Bertz CT molecular complexity index is 137. The van der Waals surface area contributed by atoms with Gasteiger partial charge in [-0.25, -0.2) is 0 Å². The number of hydrogen-bond donors (Lipinski definition) is 0. The van der Waals surface area contributed by atoms with Crippen molar-refractivity contribution in [1.82, 2.24) is 0 Å². The molecule has 0 aromatic carbocycles. The summed E-state index contributed by atoms with van der Waals surface area (Å²) in [6, 6.07) is 0. The van der Waals surface area contributed by atoms with Crippen LogP contribution in [-0.4, -0.2) is 12.6 Å². The summed E-state index contributed by atoms with van der Waals surface area (Å²) in [5.74, 6) is 0.489. The number of esters is 1. The Balaban J connectivity index is 2.03. The smallest absolute Gasteiger partial charge is 0.309 e. The molecule has 1 radical (unpaired) electrons. The Morgan fingerprint density at radius 2 is 2.17 bits per heavy atom. The largest absolute Gasteiger partial charge is 0.465 e. The quantitative estimate of drug-likeness (QED) is 0.604. The molecule has 1 aliphatic rings. The van der Waals surface area contributed by atoms with E-state index in [0.29, 0.717) is 12.5 Å². The second kappa shape index (κ2) is 5.18. The van der Waals surface area contributed by atoms with Crippen LogP contribution in [-0.2, 0) is 9.53 Å². The molecule has 0 heterocycles. The zero-order valence-corrected chi connectivity index (χ0v) is 7.71. The summed E-state index contributed by atoms with van der Waals surface area (Å²) >= 11 is 0. The van der Waals surface area contributed by atoms with E-state index in [1.807, 2.05) is 6.92 Å². The monoisotopic (exact) mass is 169 g/mol. The van der Waals surface area contributed by atoms with Gasteiger partial charge in [0, 0.05) is 0 Å².